The minimum atomic E-state index is -0.472. The summed E-state index contributed by atoms with van der Waals surface area (Å²) in [6.45, 7) is 0.141. The van der Waals surface area contributed by atoms with E-state index in [1.165, 1.54) is 24.4 Å². The summed E-state index contributed by atoms with van der Waals surface area (Å²) in [5.74, 6) is -0.0740. The van der Waals surface area contributed by atoms with Gasteiger partial charge in [-0.15, -0.1) is 0 Å². The summed E-state index contributed by atoms with van der Waals surface area (Å²) in [5.41, 5.74) is 8.23. The van der Waals surface area contributed by atoms with Crippen molar-refractivity contribution in [2.75, 3.05) is 5.73 Å². The van der Waals surface area contributed by atoms with Crippen LogP contribution in [0.2, 0.25) is 0 Å². The van der Waals surface area contributed by atoms with Gasteiger partial charge in [-0.05, 0) is 18.2 Å². The maximum Gasteiger partial charge on any atom is 0.234 e. The predicted octanol–water partition coefficient (Wildman–Crippen LogP) is 3.23. The van der Waals surface area contributed by atoms with Gasteiger partial charge in [-0.2, -0.15) is 0 Å². The SMILES string of the molecule is Nc1cc(F)ccc1-c1cnc2nc(COc3cncc(F)c3)cn2c1. The second-order valence-electron chi connectivity index (χ2n) is 5.64. The lowest BCUT2D eigenvalue weighted by Gasteiger charge is -2.05. The molecule has 4 rings (SSSR count). The third-order valence-electron chi connectivity index (χ3n) is 3.75. The Kier molecular flexibility index (Phi) is 3.92. The van der Waals surface area contributed by atoms with Gasteiger partial charge in [0.2, 0.25) is 5.78 Å². The Morgan fingerprint density at radius 1 is 1.04 bits per heavy atom. The number of halogens is 2. The normalized spacial score (nSPS) is 11.0. The molecule has 0 spiro atoms. The van der Waals surface area contributed by atoms with E-state index in [2.05, 4.69) is 15.0 Å². The first-order valence-electron chi connectivity index (χ1n) is 7.71. The highest BCUT2D eigenvalue weighted by molar-refractivity contribution is 5.75. The molecule has 0 aliphatic carbocycles. The average molecular weight is 353 g/mol. The number of hydrogen-bond acceptors (Lipinski definition) is 5. The molecule has 0 unspecified atom stereocenters. The summed E-state index contributed by atoms with van der Waals surface area (Å²) in [4.78, 5) is 12.4. The van der Waals surface area contributed by atoms with Gasteiger partial charge in [0, 0.05) is 41.5 Å². The molecule has 1 aromatic carbocycles. The van der Waals surface area contributed by atoms with Gasteiger partial charge in [0.15, 0.2) is 0 Å². The van der Waals surface area contributed by atoms with E-state index < -0.39 is 11.6 Å². The number of pyridine rings is 1. The van der Waals surface area contributed by atoms with Crippen LogP contribution in [0.15, 0.2) is 55.2 Å². The first-order valence-corrected chi connectivity index (χ1v) is 7.71. The van der Waals surface area contributed by atoms with Gasteiger partial charge in [0.1, 0.15) is 24.0 Å². The minimum absolute atomic E-state index is 0.141. The monoisotopic (exact) mass is 353 g/mol. The maximum absolute atomic E-state index is 13.2. The third kappa shape index (κ3) is 3.16. The van der Waals surface area contributed by atoms with Crippen LogP contribution in [0, 0.1) is 11.6 Å². The molecule has 0 saturated carbocycles. The molecular formula is C18H13F2N5O. The highest BCUT2D eigenvalue weighted by atomic mass is 19.1. The van der Waals surface area contributed by atoms with E-state index >= 15 is 0 Å². The number of imidazole rings is 1. The molecule has 8 heteroatoms. The van der Waals surface area contributed by atoms with Crippen LogP contribution in [0.4, 0.5) is 14.5 Å². The van der Waals surface area contributed by atoms with Gasteiger partial charge >= 0.3 is 0 Å². The molecule has 0 radical (unpaired) electrons. The lowest BCUT2D eigenvalue weighted by atomic mass is 10.1. The number of nitrogens with two attached hydrogens (primary N) is 1. The molecule has 0 aliphatic rings. The Labute approximate surface area is 146 Å². The second kappa shape index (κ2) is 6.40. The molecule has 0 bridgehead atoms. The van der Waals surface area contributed by atoms with Crippen molar-refractivity contribution in [3.8, 4) is 16.9 Å². The molecule has 0 aliphatic heterocycles. The summed E-state index contributed by atoms with van der Waals surface area (Å²) in [6, 6.07) is 5.46. The molecule has 6 nitrogen and oxygen atoms in total. The number of benzene rings is 1. The lowest BCUT2D eigenvalue weighted by molar-refractivity contribution is 0.299. The van der Waals surface area contributed by atoms with Crippen LogP contribution in [0.3, 0.4) is 0 Å². The first kappa shape index (κ1) is 15.9. The van der Waals surface area contributed by atoms with Crippen LogP contribution in [-0.4, -0.2) is 19.4 Å². The van der Waals surface area contributed by atoms with E-state index in [1.807, 2.05) is 0 Å². The topological polar surface area (TPSA) is 78.3 Å². The number of anilines is 1. The van der Waals surface area contributed by atoms with Gasteiger partial charge in [0.05, 0.1) is 18.1 Å². The van der Waals surface area contributed by atoms with E-state index in [4.69, 9.17) is 10.5 Å². The molecule has 0 atom stereocenters. The van der Waals surface area contributed by atoms with Crippen molar-refractivity contribution >= 4 is 11.5 Å². The van der Waals surface area contributed by atoms with Crippen molar-refractivity contribution < 1.29 is 13.5 Å². The molecular weight excluding hydrogens is 340 g/mol. The molecule has 0 fully saturated rings. The lowest BCUT2D eigenvalue weighted by Crippen LogP contribution is -1.96. The van der Waals surface area contributed by atoms with Crippen molar-refractivity contribution in [2.45, 2.75) is 6.61 Å². The third-order valence-corrected chi connectivity index (χ3v) is 3.75. The molecule has 0 amide bonds. The van der Waals surface area contributed by atoms with Crippen LogP contribution >= 0.6 is 0 Å². The fourth-order valence-corrected chi connectivity index (χ4v) is 2.57. The van der Waals surface area contributed by atoms with Gasteiger partial charge in [-0.25, -0.2) is 18.7 Å². The van der Waals surface area contributed by atoms with Crippen LogP contribution < -0.4 is 10.5 Å². The zero-order valence-corrected chi connectivity index (χ0v) is 13.4. The van der Waals surface area contributed by atoms with Crippen molar-refractivity contribution in [3.63, 3.8) is 0 Å². The van der Waals surface area contributed by atoms with E-state index in [1.54, 1.807) is 29.1 Å². The van der Waals surface area contributed by atoms with E-state index in [9.17, 15) is 8.78 Å². The quantitative estimate of drug-likeness (QED) is 0.570. The van der Waals surface area contributed by atoms with Gasteiger partial charge in [0.25, 0.3) is 0 Å². The van der Waals surface area contributed by atoms with Gasteiger partial charge < -0.3 is 10.5 Å². The number of hydrogen-bond donors (Lipinski definition) is 1. The Balaban J connectivity index is 1.59. The second-order valence-corrected chi connectivity index (χ2v) is 5.64. The standard InChI is InChI=1S/C18H13F2N5O/c19-12-1-2-16(17(21)4-12)11-5-23-18-24-14(9-25(18)8-11)10-26-15-3-13(20)6-22-7-15/h1-9H,10,21H2. The highest BCUT2D eigenvalue weighted by Gasteiger charge is 2.09. The molecule has 2 N–H and O–H groups in total. The van der Waals surface area contributed by atoms with Crippen LogP contribution in [0.1, 0.15) is 5.69 Å². The zero-order chi connectivity index (χ0) is 18.1. The Hall–Kier alpha value is -3.55. The van der Waals surface area contributed by atoms with E-state index in [0.717, 1.165) is 11.8 Å². The first-order chi connectivity index (χ1) is 12.6. The van der Waals surface area contributed by atoms with Crippen molar-refractivity contribution in [3.05, 3.63) is 72.6 Å². The fraction of sp³-hybridized carbons (Fsp3) is 0.0556. The average Bonchev–Trinajstić information content (AvgIpc) is 3.02. The summed E-state index contributed by atoms with van der Waals surface area (Å²) >= 11 is 0. The summed E-state index contributed by atoms with van der Waals surface area (Å²) in [7, 11) is 0. The largest absolute Gasteiger partial charge is 0.486 e. The number of aromatic nitrogens is 4. The Morgan fingerprint density at radius 2 is 1.92 bits per heavy atom. The Bertz CT molecular complexity index is 1100. The van der Waals surface area contributed by atoms with Crippen molar-refractivity contribution in [1.29, 1.82) is 0 Å². The summed E-state index contributed by atoms with van der Waals surface area (Å²) in [5, 5.41) is 0. The number of fused-ring (bicyclic) bond motifs is 1. The number of rotatable bonds is 4. The summed E-state index contributed by atoms with van der Waals surface area (Å²) < 4.78 is 33.5. The Morgan fingerprint density at radius 3 is 2.73 bits per heavy atom. The van der Waals surface area contributed by atoms with Crippen molar-refractivity contribution in [2.24, 2.45) is 0 Å². The van der Waals surface area contributed by atoms with Crippen LogP contribution in [0.5, 0.6) is 5.75 Å². The molecule has 3 aromatic heterocycles. The number of nitrogen functional groups attached to an aromatic ring is 1. The van der Waals surface area contributed by atoms with Crippen LogP contribution in [0.25, 0.3) is 16.9 Å². The molecule has 26 heavy (non-hydrogen) atoms. The zero-order valence-electron chi connectivity index (χ0n) is 13.4. The highest BCUT2D eigenvalue weighted by Crippen LogP contribution is 2.26. The summed E-state index contributed by atoms with van der Waals surface area (Å²) in [6.07, 6.45) is 7.69. The van der Waals surface area contributed by atoms with Crippen LogP contribution in [-0.2, 0) is 6.61 Å². The smallest absolute Gasteiger partial charge is 0.234 e. The van der Waals surface area contributed by atoms with Crippen molar-refractivity contribution in [1.82, 2.24) is 19.4 Å². The fourth-order valence-electron chi connectivity index (χ4n) is 2.57. The number of ether oxygens (including phenoxy) is 1. The van der Waals surface area contributed by atoms with Gasteiger partial charge in [-0.3, -0.25) is 9.38 Å². The van der Waals surface area contributed by atoms with E-state index in [-0.39, 0.29) is 6.61 Å². The molecule has 4 aromatic rings. The molecule has 130 valence electrons. The predicted molar refractivity (Wildman–Crippen MR) is 91.3 cm³/mol. The maximum atomic E-state index is 13.2. The van der Waals surface area contributed by atoms with E-state index in [0.29, 0.717) is 28.5 Å². The molecule has 0 saturated heterocycles. The minimum Gasteiger partial charge on any atom is -0.486 e. The molecule has 3 heterocycles. The van der Waals surface area contributed by atoms with Gasteiger partial charge in [-0.1, -0.05) is 0 Å². The number of nitrogens with zero attached hydrogens (tertiary/aromatic N) is 4.